The Balaban J connectivity index is 2.23. The fourth-order valence-electron chi connectivity index (χ4n) is 2.05. The molecule has 3 N–H and O–H groups in total. The maximum atomic E-state index is 5.78. The van der Waals surface area contributed by atoms with Crippen LogP contribution in [0.25, 0.3) is 11.3 Å². The maximum Gasteiger partial charge on any atom is 0.113 e. The first-order valence-corrected chi connectivity index (χ1v) is 6.91. The molecule has 3 nitrogen and oxygen atoms in total. The molecule has 0 fully saturated rings. The molecule has 0 aliphatic rings. The van der Waals surface area contributed by atoms with Gasteiger partial charge in [-0.15, -0.1) is 0 Å². The Labute approximate surface area is 115 Å². The van der Waals surface area contributed by atoms with Gasteiger partial charge in [0, 0.05) is 12.0 Å². The van der Waals surface area contributed by atoms with Crippen LogP contribution in [0.4, 0.5) is 0 Å². The molecule has 0 spiro atoms. The van der Waals surface area contributed by atoms with E-state index in [1.54, 1.807) is 0 Å². The molecule has 3 heteroatoms. The van der Waals surface area contributed by atoms with Crippen LogP contribution in [0, 0.1) is 0 Å². The number of hydrogen-bond donors (Lipinski definition) is 2. The molecule has 0 atom stereocenters. The van der Waals surface area contributed by atoms with Gasteiger partial charge in [-0.25, -0.2) is 4.98 Å². The van der Waals surface area contributed by atoms with E-state index >= 15 is 0 Å². The Hall–Kier alpha value is -1.61. The molecule has 0 saturated heterocycles. The van der Waals surface area contributed by atoms with E-state index in [1.807, 2.05) is 6.20 Å². The summed E-state index contributed by atoms with van der Waals surface area (Å²) >= 11 is 0. The van der Waals surface area contributed by atoms with Gasteiger partial charge in [0.25, 0.3) is 0 Å². The number of nitrogens with zero attached hydrogens (tertiary/aromatic N) is 1. The summed E-state index contributed by atoms with van der Waals surface area (Å²) in [5.41, 5.74) is 9.28. The topological polar surface area (TPSA) is 54.7 Å². The van der Waals surface area contributed by atoms with Crippen LogP contribution in [-0.4, -0.2) is 16.5 Å². The third-order valence-electron chi connectivity index (χ3n) is 3.53. The van der Waals surface area contributed by atoms with E-state index in [2.05, 4.69) is 55.0 Å². The van der Waals surface area contributed by atoms with Crippen LogP contribution >= 0.6 is 0 Å². The second-order valence-electron chi connectivity index (χ2n) is 5.68. The number of nitrogens with two attached hydrogens (primary N) is 1. The van der Waals surface area contributed by atoms with Crippen LogP contribution in [-0.2, 0) is 11.8 Å². The molecule has 0 bridgehead atoms. The predicted octanol–water partition coefficient (Wildman–Crippen LogP) is 3.27. The number of aromatic amines is 1. The lowest BCUT2D eigenvalue weighted by Gasteiger charge is -2.18. The van der Waals surface area contributed by atoms with Crippen molar-refractivity contribution in [2.45, 2.75) is 39.0 Å². The van der Waals surface area contributed by atoms with Gasteiger partial charge in [-0.3, -0.25) is 0 Å². The molecule has 2 rings (SSSR count). The zero-order chi connectivity index (χ0) is 13.9. The maximum absolute atomic E-state index is 5.78. The molecule has 102 valence electrons. The van der Waals surface area contributed by atoms with Gasteiger partial charge in [0.2, 0.25) is 0 Å². The van der Waals surface area contributed by atoms with Crippen molar-refractivity contribution in [3.05, 3.63) is 41.9 Å². The molecule has 0 unspecified atom stereocenters. The van der Waals surface area contributed by atoms with E-state index in [1.165, 1.54) is 17.5 Å². The van der Waals surface area contributed by atoms with Crippen molar-refractivity contribution < 1.29 is 0 Å². The number of benzene rings is 1. The average Bonchev–Trinajstić information content (AvgIpc) is 2.90. The number of imidazole rings is 1. The van der Waals surface area contributed by atoms with Crippen molar-refractivity contribution in [3.63, 3.8) is 0 Å². The summed E-state index contributed by atoms with van der Waals surface area (Å²) in [6.45, 7) is 6.97. The Morgan fingerprint density at radius 2 is 1.89 bits per heavy atom. The largest absolute Gasteiger partial charge is 0.342 e. The van der Waals surface area contributed by atoms with Crippen LogP contribution in [0.3, 0.4) is 0 Å². The van der Waals surface area contributed by atoms with Gasteiger partial charge in [0.05, 0.1) is 11.9 Å². The van der Waals surface area contributed by atoms with Crippen LogP contribution in [0.1, 0.15) is 38.6 Å². The first-order valence-electron chi connectivity index (χ1n) is 6.91. The lowest BCUT2D eigenvalue weighted by molar-refractivity contribution is 0.508. The molecule has 0 radical (unpaired) electrons. The number of H-pyrrole nitrogens is 1. The quantitative estimate of drug-likeness (QED) is 0.863. The molecule has 0 aliphatic heterocycles. The summed E-state index contributed by atoms with van der Waals surface area (Å²) in [5, 5.41) is 0. The molecular formula is C16H23N3. The highest BCUT2D eigenvalue weighted by Gasteiger charge is 2.22. The second-order valence-corrected chi connectivity index (χ2v) is 5.68. The SMILES string of the molecule is CCCc1ccc(-c2cnc(C(C)(C)CN)[nH]2)cc1. The Kier molecular flexibility index (Phi) is 4.05. The monoisotopic (exact) mass is 257 g/mol. The van der Waals surface area contributed by atoms with E-state index in [0.717, 1.165) is 17.9 Å². The molecule has 0 saturated carbocycles. The van der Waals surface area contributed by atoms with Gasteiger partial charge in [-0.05, 0) is 17.5 Å². The summed E-state index contributed by atoms with van der Waals surface area (Å²) < 4.78 is 0. The molecule has 19 heavy (non-hydrogen) atoms. The van der Waals surface area contributed by atoms with Gasteiger partial charge in [-0.1, -0.05) is 51.5 Å². The molecular weight excluding hydrogens is 234 g/mol. The van der Waals surface area contributed by atoms with Crippen molar-refractivity contribution in [1.82, 2.24) is 9.97 Å². The highest BCUT2D eigenvalue weighted by atomic mass is 14.9. The number of aryl methyl sites for hydroxylation is 1. The molecule has 1 aromatic carbocycles. The molecule has 1 heterocycles. The fraction of sp³-hybridized carbons (Fsp3) is 0.438. The van der Waals surface area contributed by atoms with Crippen LogP contribution in [0.15, 0.2) is 30.5 Å². The van der Waals surface area contributed by atoms with Gasteiger partial charge in [0.15, 0.2) is 0 Å². The number of nitrogens with one attached hydrogen (secondary N) is 1. The number of rotatable bonds is 5. The number of hydrogen-bond acceptors (Lipinski definition) is 2. The zero-order valence-corrected chi connectivity index (χ0v) is 12.0. The van der Waals surface area contributed by atoms with Gasteiger partial charge >= 0.3 is 0 Å². The minimum Gasteiger partial charge on any atom is -0.342 e. The predicted molar refractivity (Wildman–Crippen MR) is 80.1 cm³/mol. The number of aromatic nitrogens is 2. The normalized spacial score (nSPS) is 11.8. The minimum absolute atomic E-state index is 0.111. The Bertz CT molecular complexity index is 523. The third kappa shape index (κ3) is 3.04. The Morgan fingerprint density at radius 1 is 1.21 bits per heavy atom. The summed E-state index contributed by atoms with van der Waals surface area (Å²) in [6.07, 6.45) is 4.20. The minimum atomic E-state index is -0.111. The van der Waals surface area contributed by atoms with E-state index in [9.17, 15) is 0 Å². The third-order valence-corrected chi connectivity index (χ3v) is 3.53. The highest BCUT2D eigenvalue weighted by molar-refractivity contribution is 5.59. The summed E-state index contributed by atoms with van der Waals surface area (Å²) in [7, 11) is 0. The van der Waals surface area contributed by atoms with Gasteiger partial charge in [0.1, 0.15) is 5.82 Å². The summed E-state index contributed by atoms with van der Waals surface area (Å²) in [6, 6.07) is 8.68. The highest BCUT2D eigenvalue weighted by Crippen LogP contribution is 2.23. The average molecular weight is 257 g/mol. The first kappa shape index (κ1) is 13.8. The van der Waals surface area contributed by atoms with Crippen molar-refractivity contribution in [3.8, 4) is 11.3 Å². The van der Waals surface area contributed by atoms with Gasteiger partial charge in [-0.2, -0.15) is 0 Å². The van der Waals surface area contributed by atoms with Crippen molar-refractivity contribution in [2.24, 2.45) is 5.73 Å². The van der Waals surface area contributed by atoms with Gasteiger partial charge < -0.3 is 10.7 Å². The van der Waals surface area contributed by atoms with E-state index in [-0.39, 0.29) is 5.41 Å². The van der Waals surface area contributed by atoms with Crippen LogP contribution in [0.2, 0.25) is 0 Å². The van der Waals surface area contributed by atoms with Crippen molar-refractivity contribution in [2.75, 3.05) is 6.54 Å². The van der Waals surface area contributed by atoms with E-state index < -0.39 is 0 Å². The molecule has 0 amide bonds. The van der Waals surface area contributed by atoms with Crippen molar-refractivity contribution >= 4 is 0 Å². The van der Waals surface area contributed by atoms with Crippen LogP contribution in [0.5, 0.6) is 0 Å². The molecule has 0 aliphatic carbocycles. The Morgan fingerprint density at radius 3 is 2.47 bits per heavy atom. The van der Waals surface area contributed by atoms with E-state index in [0.29, 0.717) is 6.54 Å². The summed E-state index contributed by atoms with van der Waals surface area (Å²) in [5.74, 6) is 0.947. The lowest BCUT2D eigenvalue weighted by atomic mass is 9.93. The lowest BCUT2D eigenvalue weighted by Crippen LogP contribution is -2.29. The fourth-order valence-corrected chi connectivity index (χ4v) is 2.05. The van der Waals surface area contributed by atoms with E-state index in [4.69, 9.17) is 5.73 Å². The molecule has 1 aromatic heterocycles. The first-order chi connectivity index (χ1) is 9.06. The second kappa shape index (κ2) is 5.57. The van der Waals surface area contributed by atoms with Crippen molar-refractivity contribution in [1.29, 1.82) is 0 Å². The smallest absolute Gasteiger partial charge is 0.113 e. The molecule has 2 aromatic rings. The van der Waals surface area contributed by atoms with Crippen LogP contribution < -0.4 is 5.73 Å². The summed E-state index contributed by atoms with van der Waals surface area (Å²) in [4.78, 5) is 7.84. The zero-order valence-electron chi connectivity index (χ0n) is 12.0. The standard InChI is InChI=1S/C16H23N3/c1-4-5-12-6-8-13(9-7-12)14-10-18-15(19-14)16(2,3)11-17/h6-10H,4-5,11,17H2,1-3H3,(H,18,19).